The number of aliphatic imine (C=N–C) groups is 3. The Bertz CT molecular complexity index is 936. The number of anilines is 1. The molecule has 3 rings (SSSR count). The molecule has 0 bridgehead atoms. The van der Waals surface area contributed by atoms with E-state index in [9.17, 15) is 10.1 Å². The largest absolute Gasteiger partial charge is 0.497 e. The first-order chi connectivity index (χ1) is 13.0. The number of nitro groups is 1. The molecule has 1 N–H and O–H groups in total. The van der Waals surface area contributed by atoms with Crippen LogP contribution in [-0.4, -0.2) is 35.6 Å². The summed E-state index contributed by atoms with van der Waals surface area (Å²) < 4.78 is 6.20. The number of nitrogens with one attached hydrogen (secondary N) is 1. The van der Waals surface area contributed by atoms with Gasteiger partial charge in [-0.1, -0.05) is 0 Å². The zero-order chi connectivity index (χ0) is 19.4. The molecule has 1 atom stereocenters. The Morgan fingerprint density at radius 3 is 2.41 bits per heavy atom. The molecule has 0 aromatic heterocycles. The Balaban J connectivity index is 1.94. The molecule has 1 heterocycles. The van der Waals surface area contributed by atoms with Gasteiger partial charge in [-0.05, 0) is 78.0 Å². The number of methoxy groups -OCH3 is 1. The lowest BCUT2D eigenvalue weighted by Gasteiger charge is -2.18. The van der Waals surface area contributed by atoms with Crippen molar-refractivity contribution in [3.63, 3.8) is 0 Å². The Kier molecular flexibility index (Phi) is 5.79. The predicted octanol–water partition coefficient (Wildman–Crippen LogP) is 3.92. The number of guanidine groups is 1. The van der Waals surface area contributed by atoms with Crippen LogP contribution in [0.3, 0.4) is 0 Å². The molecule has 0 amide bonds. The third-order valence-electron chi connectivity index (χ3n) is 3.78. The van der Waals surface area contributed by atoms with Crippen LogP contribution in [0.15, 0.2) is 63.5 Å². The first-order valence-corrected chi connectivity index (χ1v) is 9.07. The molecule has 9 heteroatoms. The summed E-state index contributed by atoms with van der Waals surface area (Å²) in [6.07, 6.45) is 0. The van der Waals surface area contributed by atoms with Gasteiger partial charge in [0.2, 0.25) is 0 Å². The van der Waals surface area contributed by atoms with Gasteiger partial charge >= 0.3 is 6.04 Å². The van der Waals surface area contributed by atoms with Crippen molar-refractivity contribution in [2.75, 3.05) is 12.4 Å². The Morgan fingerprint density at radius 1 is 1.15 bits per heavy atom. The summed E-state index contributed by atoms with van der Waals surface area (Å²) in [5, 5.41) is 14.5. The molecule has 138 valence electrons. The molecule has 0 saturated carbocycles. The fraction of sp³-hybridized carbons (Fsp3) is 0.167. The number of ether oxygens (including phenoxy) is 1. The highest BCUT2D eigenvalue weighted by Crippen LogP contribution is 2.19. The number of amidine groups is 1. The van der Waals surface area contributed by atoms with Gasteiger partial charge in [0.1, 0.15) is 11.5 Å². The Hall–Kier alpha value is -2.82. The molecular weight excluding hydrogens is 461 g/mol. The van der Waals surface area contributed by atoms with E-state index in [0.29, 0.717) is 22.8 Å². The number of hydrogen-bond donors (Lipinski definition) is 1. The molecule has 0 aliphatic carbocycles. The number of hydrogen-bond acceptors (Lipinski definition) is 5. The Labute approximate surface area is 169 Å². The zero-order valence-electron chi connectivity index (χ0n) is 14.6. The fourth-order valence-corrected chi connectivity index (χ4v) is 2.82. The molecule has 1 aliphatic rings. The summed E-state index contributed by atoms with van der Waals surface area (Å²) in [4.78, 5) is 24.0. The summed E-state index contributed by atoms with van der Waals surface area (Å²) in [7, 11) is 1.57. The molecule has 1 aliphatic heterocycles. The second-order valence-electron chi connectivity index (χ2n) is 5.68. The highest BCUT2D eigenvalue weighted by molar-refractivity contribution is 14.1. The summed E-state index contributed by atoms with van der Waals surface area (Å²) in [6.45, 7) is 1.60. The average Bonchev–Trinajstić information content (AvgIpc) is 2.63. The minimum atomic E-state index is -1.15. The van der Waals surface area contributed by atoms with Gasteiger partial charge in [-0.15, -0.1) is 0 Å². The van der Waals surface area contributed by atoms with Crippen molar-refractivity contribution < 1.29 is 9.66 Å². The van der Waals surface area contributed by atoms with E-state index in [4.69, 9.17) is 4.74 Å². The number of rotatable bonds is 4. The second-order valence-corrected chi connectivity index (χ2v) is 6.93. The molecule has 0 spiro atoms. The molecule has 2 aromatic carbocycles. The summed E-state index contributed by atoms with van der Waals surface area (Å²) in [6, 6.07) is 13.4. The molecular formula is C18H16IN5O3. The monoisotopic (exact) mass is 477 g/mol. The maximum atomic E-state index is 11.5. The van der Waals surface area contributed by atoms with Gasteiger partial charge in [0.25, 0.3) is 5.96 Å². The normalized spacial score (nSPS) is 17.9. The van der Waals surface area contributed by atoms with Crippen molar-refractivity contribution in [3.8, 4) is 5.75 Å². The quantitative estimate of drug-likeness (QED) is 0.410. The predicted molar refractivity (Wildman–Crippen MR) is 114 cm³/mol. The molecule has 0 fully saturated rings. The summed E-state index contributed by atoms with van der Waals surface area (Å²) in [5.74, 6) is 1.03. The molecule has 27 heavy (non-hydrogen) atoms. The maximum absolute atomic E-state index is 11.5. The summed E-state index contributed by atoms with van der Waals surface area (Å²) in [5.41, 5.74) is 1.65. The van der Waals surface area contributed by atoms with E-state index in [1.54, 1.807) is 38.3 Å². The van der Waals surface area contributed by atoms with Gasteiger partial charge in [-0.25, -0.2) is 9.98 Å². The number of halogens is 1. The second kappa shape index (κ2) is 8.25. The number of benzene rings is 2. The van der Waals surface area contributed by atoms with Crippen LogP contribution >= 0.6 is 22.6 Å². The zero-order valence-corrected chi connectivity index (χ0v) is 16.7. The van der Waals surface area contributed by atoms with E-state index in [2.05, 4.69) is 42.9 Å². The van der Waals surface area contributed by atoms with Gasteiger partial charge in [0.05, 0.1) is 12.8 Å². The van der Waals surface area contributed by atoms with E-state index in [-0.39, 0.29) is 11.8 Å². The minimum absolute atomic E-state index is 0.168. The lowest BCUT2D eigenvalue weighted by molar-refractivity contribution is -0.484. The smallest absolute Gasteiger partial charge is 0.307 e. The van der Waals surface area contributed by atoms with Crippen LogP contribution in [0.1, 0.15) is 6.92 Å². The fourth-order valence-electron chi connectivity index (χ4n) is 2.46. The van der Waals surface area contributed by atoms with Crippen molar-refractivity contribution in [2.45, 2.75) is 13.0 Å². The van der Waals surface area contributed by atoms with Crippen LogP contribution in [0.5, 0.6) is 5.75 Å². The first-order valence-electron chi connectivity index (χ1n) is 7.99. The van der Waals surface area contributed by atoms with Crippen LogP contribution in [0.25, 0.3) is 0 Å². The van der Waals surface area contributed by atoms with Gasteiger partial charge in [0, 0.05) is 14.2 Å². The SMILES string of the molecule is COc1ccc(NC2=NC(=Nc3ccc(I)cc3)N=C(C)[C@H]2[N+](=O)[O-])cc1. The van der Waals surface area contributed by atoms with Crippen molar-refractivity contribution >= 4 is 51.5 Å². The Morgan fingerprint density at radius 2 is 1.81 bits per heavy atom. The van der Waals surface area contributed by atoms with Crippen LogP contribution in [0.2, 0.25) is 0 Å². The third-order valence-corrected chi connectivity index (χ3v) is 4.50. The lowest BCUT2D eigenvalue weighted by Crippen LogP contribution is -2.43. The van der Waals surface area contributed by atoms with Crippen LogP contribution < -0.4 is 10.1 Å². The van der Waals surface area contributed by atoms with E-state index >= 15 is 0 Å². The van der Waals surface area contributed by atoms with Gasteiger partial charge < -0.3 is 10.1 Å². The standard InChI is InChI=1S/C18H16IN5O3/c1-11-16(24(25)26)17(21-13-7-9-15(27-2)10-8-13)23-18(20-11)22-14-5-3-12(19)4-6-14/h3-10,16H,1-2H3,(H,21,22,23)/t16-/m1/s1. The number of nitrogens with zero attached hydrogens (tertiary/aromatic N) is 4. The molecule has 0 unspecified atom stereocenters. The van der Waals surface area contributed by atoms with E-state index in [1.807, 2.05) is 24.3 Å². The van der Waals surface area contributed by atoms with Crippen molar-refractivity contribution in [2.24, 2.45) is 15.0 Å². The maximum Gasteiger partial charge on any atom is 0.307 e. The van der Waals surface area contributed by atoms with Crippen molar-refractivity contribution in [1.29, 1.82) is 0 Å². The average molecular weight is 477 g/mol. The van der Waals surface area contributed by atoms with Crippen molar-refractivity contribution in [1.82, 2.24) is 0 Å². The first kappa shape index (κ1) is 19.0. The van der Waals surface area contributed by atoms with Gasteiger partial charge in [-0.2, -0.15) is 4.99 Å². The molecule has 2 aromatic rings. The van der Waals surface area contributed by atoms with E-state index < -0.39 is 11.0 Å². The van der Waals surface area contributed by atoms with Crippen LogP contribution in [-0.2, 0) is 0 Å². The molecule has 0 radical (unpaired) electrons. The van der Waals surface area contributed by atoms with Crippen LogP contribution in [0.4, 0.5) is 11.4 Å². The molecule has 0 saturated heterocycles. The van der Waals surface area contributed by atoms with Gasteiger partial charge in [-0.3, -0.25) is 10.1 Å². The third kappa shape index (κ3) is 4.67. The van der Waals surface area contributed by atoms with Crippen molar-refractivity contribution in [3.05, 3.63) is 62.2 Å². The topological polar surface area (TPSA) is 101 Å². The molecule has 8 nitrogen and oxygen atoms in total. The van der Waals surface area contributed by atoms with E-state index in [1.165, 1.54) is 0 Å². The highest BCUT2D eigenvalue weighted by atomic mass is 127. The van der Waals surface area contributed by atoms with Crippen LogP contribution in [0, 0.1) is 13.7 Å². The highest BCUT2D eigenvalue weighted by Gasteiger charge is 2.34. The van der Waals surface area contributed by atoms with Gasteiger partial charge in [0.15, 0.2) is 5.84 Å². The van der Waals surface area contributed by atoms with E-state index in [0.717, 1.165) is 3.57 Å². The minimum Gasteiger partial charge on any atom is -0.497 e. The summed E-state index contributed by atoms with van der Waals surface area (Å²) >= 11 is 2.20. The lowest BCUT2D eigenvalue weighted by atomic mass is 10.1.